The van der Waals surface area contributed by atoms with Crippen molar-refractivity contribution in [3.8, 4) is 0 Å². The third-order valence-corrected chi connectivity index (χ3v) is 6.85. The lowest BCUT2D eigenvalue weighted by Gasteiger charge is -2.31. The molecule has 0 aliphatic carbocycles. The van der Waals surface area contributed by atoms with Crippen LogP contribution in [-0.4, -0.2) is 49.1 Å². The molecular formula is C18H17BrF2N2O4S. The summed E-state index contributed by atoms with van der Waals surface area (Å²) in [5.41, 5.74) is 0.409. The van der Waals surface area contributed by atoms with Gasteiger partial charge in [0.15, 0.2) is 0 Å². The van der Waals surface area contributed by atoms with Crippen molar-refractivity contribution in [2.24, 2.45) is 0 Å². The van der Waals surface area contributed by atoms with Crippen LogP contribution in [0.5, 0.6) is 0 Å². The standard InChI is InChI=1S/C18H17BrF2N2O4S/c19-14-9-12(4-5-15(14)20)22-18(25)11-2-1-3-13(8-11)28(26,27)23-7-6-17(24)16(21)10-23/h1-5,8-9,16-17,24H,6-7,10H2,(H,22,25). The average Bonchev–Trinajstić information content (AvgIpc) is 2.67. The van der Waals surface area contributed by atoms with Gasteiger partial charge in [0.1, 0.15) is 12.0 Å². The summed E-state index contributed by atoms with van der Waals surface area (Å²) in [4.78, 5) is 12.3. The van der Waals surface area contributed by atoms with E-state index in [2.05, 4.69) is 21.2 Å². The molecule has 28 heavy (non-hydrogen) atoms. The van der Waals surface area contributed by atoms with Crippen molar-refractivity contribution in [1.82, 2.24) is 4.31 Å². The molecule has 2 unspecified atom stereocenters. The number of aliphatic hydroxyl groups is 1. The number of halogens is 3. The fourth-order valence-corrected chi connectivity index (χ4v) is 4.69. The average molecular weight is 475 g/mol. The minimum atomic E-state index is -4.01. The minimum Gasteiger partial charge on any atom is -0.390 e. The van der Waals surface area contributed by atoms with Gasteiger partial charge in [0.25, 0.3) is 5.91 Å². The van der Waals surface area contributed by atoms with E-state index < -0.39 is 40.6 Å². The number of benzene rings is 2. The highest BCUT2D eigenvalue weighted by atomic mass is 79.9. The van der Waals surface area contributed by atoms with Gasteiger partial charge < -0.3 is 10.4 Å². The summed E-state index contributed by atoms with van der Waals surface area (Å²) in [7, 11) is -4.01. The molecule has 150 valence electrons. The van der Waals surface area contributed by atoms with Crippen LogP contribution in [0.25, 0.3) is 0 Å². The van der Waals surface area contributed by atoms with Crippen LogP contribution < -0.4 is 5.32 Å². The molecule has 1 aliphatic rings. The lowest BCUT2D eigenvalue weighted by atomic mass is 10.1. The molecular weight excluding hydrogens is 458 g/mol. The number of carbonyl (C=O) groups excluding carboxylic acids is 1. The van der Waals surface area contributed by atoms with Crippen LogP contribution in [0.2, 0.25) is 0 Å². The summed E-state index contributed by atoms with van der Waals surface area (Å²) in [6.45, 7) is -0.451. The second-order valence-electron chi connectivity index (χ2n) is 6.35. The maximum Gasteiger partial charge on any atom is 0.255 e. The third kappa shape index (κ3) is 4.40. The number of amides is 1. The Morgan fingerprint density at radius 2 is 2.00 bits per heavy atom. The van der Waals surface area contributed by atoms with Crippen LogP contribution in [-0.2, 0) is 10.0 Å². The van der Waals surface area contributed by atoms with Gasteiger partial charge in [0, 0.05) is 24.3 Å². The van der Waals surface area contributed by atoms with Crippen molar-refractivity contribution in [2.45, 2.75) is 23.6 Å². The quantitative estimate of drug-likeness (QED) is 0.712. The summed E-state index contributed by atoms with van der Waals surface area (Å²) >= 11 is 3.02. The molecule has 1 heterocycles. The number of rotatable bonds is 4. The first kappa shape index (κ1) is 20.8. The number of carbonyl (C=O) groups is 1. The first-order valence-electron chi connectivity index (χ1n) is 8.37. The SMILES string of the molecule is O=C(Nc1ccc(F)c(Br)c1)c1cccc(S(=O)(=O)N2CCC(O)C(F)C2)c1. The van der Waals surface area contributed by atoms with Crippen molar-refractivity contribution < 1.29 is 27.1 Å². The fraction of sp³-hybridized carbons (Fsp3) is 0.278. The van der Waals surface area contributed by atoms with Crippen LogP contribution in [0.4, 0.5) is 14.5 Å². The zero-order valence-electron chi connectivity index (χ0n) is 14.5. The predicted molar refractivity (Wildman–Crippen MR) is 103 cm³/mol. The van der Waals surface area contributed by atoms with E-state index in [1.807, 2.05) is 0 Å². The zero-order valence-corrected chi connectivity index (χ0v) is 16.9. The van der Waals surface area contributed by atoms with Crippen molar-refractivity contribution in [2.75, 3.05) is 18.4 Å². The summed E-state index contributed by atoms with van der Waals surface area (Å²) < 4.78 is 53.7. The number of nitrogens with one attached hydrogen (secondary N) is 1. The molecule has 1 amide bonds. The molecule has 1 aliphatic heterocycles. The van der Waals surface area contributed by atoms with Gasteiger partial charge >= 0.3 is 0 Å². The fourth-order valence-electron chi connectivity index (χ4n) is 2.81. The van der Waals surface area contributed by atoms with E-state index in [9.17, 15) is 27.1 Å². The minimum absolute atomic E-state index is 0.0000178. The molecule has 1 saturated heterocycles. The van der Waals surface area contributed by atoms with Crippen LogP contribution in [0, 0.1) is 5.82 Å². The smallest absolute Gasteiger partial charge is 0.255 e. The van der Waals surface area contributed by atoms with Gasteiger partial charge in [-0.3, -0.25) is 4.79 Å². The Morgan fingerprint density at radius 1 is 1.25 bits per heavy atom. The Labute approximate surface area is 169 Å². The summed E-state index contributed by atoms with van der Waals surface area (Å²) in [5, 5.41) is 12.0. The molecule has 2 atom stereocenters. The number of alkyl halides is 1. The van der Waals surface area contributed by atoms with Crippen molar-refractivity contribution in [3.05, 3.63) is 58.3 Å². The van der Waals surface area contributed by atoms with E-state index in [1.165, 1.54) is 42.5 Å². The largest absolute Gasteiger partial charge is 0.390 e. The molecule has 6 nitrogen and oxygen atoms in total. The van der Waals surface area contributed by atoms with Crippen molar-refractivity contribution >= 4 is 37.5 Å². The number of hydrogen-bond donors (Lipinski definition) is 2. The lowest BCUT2D eigenvalue weighted by Crippen LogP contribution is -2.47. The Morgan fingerprint density at radius 3 is 2.68 bits per heavy atom. The van der Waals surface area contributed by atoms with Crippen molar-refractivity contribution in [1.29, 1.82) is 0 Å². The number of sulfonamides is 1. The van der Waals surface area contributed by atoms with Gasteiger partial charge in [0.05, 0.1) is 15.5 Å². The number of hydrogen-bond acceptors (Lipinski definition) is 4. The zero-order chi connectivity index (χ0) is 20.5. The molecule has 10 heteroatoms. The molecule has 3 rings (SSSR count). The number of nitrogens with zero attached hydrogens (tertiary/aromatic N) is 1. The molecule has 1 fully saturated rings. The first-order chi connectivity index (χ1) is 13.2. The van der Waals surface area contributed by atoms with Gasteiger partial charge in [-0.1, -0.05) is 6.07 Å². The molecule has 0 spiro atoms. The number of aliphatic hydroxyl groups excluding tert-OH is 1. The van der Waals surface area contributed by atoms with E-state index in [-0.39, 0.29) is 27.9 Å². The van der Waals surface area contributed by atoms with Gasteiger partial charge in [-0.05, 0) is 58.7 Å². The van der Waals surface area contributed by atoms with Crippen LogP contribution in [0.15, 0.2) is 51.8 Å². The maximum absolute atomic E-state index is 13.7. The summed E-state index contributed by atoms with van der Waals surface area (Å²) in [6.07, 6.45) is -2.84. The van der Waals surface area contributed by atoms with Gasteiger partial charge in [-0.2, -0.15) is 4.31 Å². The van der Waals surface area contributed by atoms with E-state index in [0.29, 0.717) is 5.69 Å². The van der Waals surface area contributed by atoms with Crippen LogP contribution >= 0.6 is 15.9 Å². The summed E-state index contributed by atoms with van der Waals surface area (Å²) in [5.74, 6) is -1.06. The van der Waals surface area contributed by atoms with E-state index in [1.54, 1.807) is 0 Å². The molecule has 2 aromatic carbocycles. The topological polar surface area (TPSA) is 86.7 Å². The lowest BCUT2D eigenvalue weighted by molar-refractivity contribution is 0.0303. The molecule has 0 aromatic heterocycles. The highest BCUT2D eigenvalue weighted by Gasteiger charge is 2.35. The molecule has 2 aromatic rings. The molecule has 0 saturated carbocycles. The van der Waals surface area contributed by atoms with E-state index in [4.69, 9.17) is 0 Å². The van der Waals surface area contributed by atoms with Gasteiger partial charge in [-0.15, -0.1) is 0 Å². The van der Waals surface area contributed by atoms with Crippen LogP contribution in [0.3, 0.4) is 0 Å². The first-order valence-corrected chi connectivity index (χ1v) is 10.6. The highest BCUT2D eigenvalue weighted by molar-refractivity contribution is 9.10. The highest BCUT2D eigenvalue weighted by Crippen LogP contribution is 2.24. The molecule has 0 radical (unpaired) electrons. The second-order valence-corrected chi connectivity index (χ2v) is 9.14. The Hall–Kier alpha value is -1.88. The Kier molecular flexibility index (Phi) is 6.13. The third-order valence-electron chi connectivity index (χ3n) is 4.38. The van der Waals surface area contributed by atoms with E-state index in [0.717, 1.165) is 4.31 Å². The van der Waals surface area contributed by atoms with Gasteiger partial charge in [-0.25, -0.2) is 17.2 Å². The monoisotopic (exact) mass is 474 g/mol. The Bertz CT molecular complexity index is 1000. The van der Waals surface area contributed by atoms with Crippen molar-refractivity contribution in [3.63, 3.8) is 0 Å². The number of piperidine rings is 1. The molecule has 2 N–H and O–H groups in total. The maximum atomic E-state index is 13.7. The number of anilines is 1. The predicted octanol–water partition coefficient (Wildman–Crippen LogP) is 2.93. The summed E-state index contributed by atoms with van der Waals surface area (Å²) in [6, 6.07) is 9.30. The van der Waals surface area contributed by atoms with Crippen LogP contribution in [0.1, 0.15) is 16.8 Å². The Balaban J connectivity index is 1.81. The normalized spacial score (nSPS) is 20.7. The van der Waals surface area contributed by atoms with E-state index >= 15 is 0 Å². The molecule has 0 bridgehead atoms. The van der Waals surface area contributed by atoms with Gasteiger partial charge in [0.2, 0.25) is 10.0 Å². The second kappa shape index (κ2) is 8.24.